The smallest absolute Gasteiger partial charge is 0.187 e. The number of dihydropyridines is 1. The number of ether oxygens (including phenoxy) is 4. The van der Waals surface area contributed by atoms with Crippen LogP contribution in [0.5, 0.6) is 11.5 Å². The summed E-state index contributed by atoms with van der Waals surface area (Å²) in [4.78, 5) is 5.33. The van der Waals surface area contributed by atoms with Crippen LogP contribution in [0, 0.1) is 5.82 Å². The number of allylic oxidation sites excluding steroid dienone is 2. The number of rotatable bonds is 8. The molecule has 0 saturated carbocycles. The van der Waals surface area contributed by atoms with Crippen LogP contribution in [0.2, 0.25) is 0 Å². The van der Waals surface area contributed by atoms with Gasteiger partial charge < -0.3 is 29.1 Å². The molecule has 2 unspecified atom stereocenters. The molecule has 1 aromatic carbocycles. The van der Waals surface area contributed by atoms with E-state index in [2.05, 4.69) is 22.6 Å². The molecule has 1 saturated heterocycles. The van der Waals surface area contributed by atoms with Gasteiger partial charge in [-0.3, -0.25) is 0 Å². The Labute approximate surface area is 193 Å². The lowest BCUT2D eigenvalue weighted by atomic mass is 9.93. The molecule has 0 spiro atoms. The topological polar surface area (TPSA) is 70.5 Å². The Morgan fingerprint density at radius 1 is 1.27 bits per heavy atom. The lowest BCUT2D eigenvalue weighted by Crippen LogP contribution is -2.33. The van der Waals surface area contributed by atoms with Crippen molar-refractivity contribution in [2.24, 2.45) is 5.16 Å². The number of halogens is 1. The molecule has 3 aliphatic rings. The first-order chi connectivity index (χ1) is 15.8. The van der Waals surface area contributed by atoms with E-state index in [0.29, 0.717) is 19.0 Å². The fourth-order valence-electron chi connectivity index (χ4n) is 3.68. The Bertz CT molecular complexity index is 1030. The average molecular weight is 457 g/mol. The highest BCUT2D eigenvalue weighted by molar-refractivity contribution is 5.63. The first-order valence-corrected chi connectivity index (χ1v) is 11.0. The molecule has 2 heterocycles. The minimum Gasteiger partial charge on any atom is -0.486 e. The second kappa shape index (κ2) is 9.80. The minimum absolute atomic E-state index is 0.0550. The highest BCUT2D eigenvalue weighted by Gasteiger charge is 2.31. The molecule has 0 amide bonds. The van der Waals surface area contributed by atoms with Crippen molar-refractivity contribution in [1.29, 1.82) is 0 Å². The van der Waals surface area contributed by atoms with E-state index in [0.717, 1.165) is 17.0 Å². The van der Waals surface area contributed by atoms with Crippen LogP contribution in [0.25, 0.3) is 0 Å². The summed E-state index contributed by atoms with van der Waals surface area (Å²) in [5, 5.41) is 7.23. The molecule has 2 aliphatic heterocycles. The van der Waals surface area contributed by atoms with Crippen molar-refractivity contribution in [1.82, 2.24) is 5.32 Å². The largest absolute Gasteiger partial charge is 0.486 e. The van der Waals surface area contributed by atoms with Crippen molar-refractivity contribution >= 4 is 6.21 Å². The van der Waals surface area contributed by atoms with Gasteiger partial charge in [0, 0.05) is 18.2 Å². The van der Waals surface area contributed by atoms with E-state index in [1.807, 2.05) is 45.9 Å². The maximum atomic E-state index is 14.2. The van der Waals surface area contributed by atoms with Gasteiger partial charge in [-0.15, -0.1) is 0 Å². The van der Waals surface area contributed by atoms with Gasteiger partial charge in [-0.1, -0.05) is 23.4 Å². The van der Waals surface area contributed by atoms with Crippen molar-refractivity contribution in [3.63, 3.8) is 0 Å². The molecule has 1 N–H and O–H groups in total. The van der Waals surface area contributed by atoms with Gasteiger partial charge in [-0.25, -0.2) is 4.39 Å². The second-order valence-corrected chi connectivity index (χ2v) is 8.35. The highest BCUT2D eigenvalue weighted by Crippen LogP contribution is 2.28. The van der Waals surface area contributed by atoms with Gasteiger partial charge in [0.2, 0.25) is 0 Å². The minimum atomic E-state index is -0.652. The Hall–Kier alpha value is -3.10. The van der Waals surface area contributed by atoms with Crippen molar-refractivity contribution in [2.75, 3.05) is 13.2 Å². The SMILES string of the molecule is CCOC1=CC=C2C=C(C(C)Oc3cc(F)cc(O/N=C/[C@@H]4COC(C)(C)O4)c3)C=CC2N1. The van der Waals surface area contributed by atoms with Crippen molar-refractivity contribution in [3.05, 3.63) is 71.4 Å². The molecule has 33 heavy (non-hydrogen) atoms. The quantitative estimate of drug-likeness (QED) is 0.462. The van der Waals surface area contributed by atoms with Crippen LogP contribution in [-0.4, -0.2) is 43.5 Å². The average Bonchev–Trinajstić information content (AvgIpc) is 3.11. The zero-order valence-corrected chi connectivity index (χ0v) is 19.2. The molecule has 1 aromatic rings. The molecule has 4 rings (SSSR count). The maximum absolute atomic E-state index is 14.2. The molecule has 176 valence electrons. The molecule has 0 radical (unpaired) electrons. The van der Waals surface area contributed by atoms with Crippen molar-refractivity contribution < 1.29 is 28.2 Å². The molecule has 1 fully saturated rings. The number of oxime groups is 1. The van der Waals surface area contributed by atoms with Gasteiger partial charge >= 0.3 is 0 Å². The lowest BCUT2D eigenvalue weighted by Gasteiger charge is -2.27. The third-order valence-corrected chi connectivity index (χ3v) is 5.24. The number of benzene rings is 1. The molecule has 8 heteroatoms. The van der Waals surface area contributed by atoms with E-state index in [1.54, 1.807) is 6.07 Å². The van der Waals surface area contributed by atoms with Gasteiger partial charge in [0.25, 0.3) is 0 Å². The fraction of sp³-hybridized carbons (Fsp3) is 0.400. The molecule has 1 aliphatic carbocycles. The van der Waals surface area contributed by atoms with Crippen LogP contribution < -0.4 is 14.9 Å². The summed E-state index contributed by atoms with van der Waals surface area (Å²) in [7, 11) is 0. The summed E-state index contributed by atoms with van der Waals surface area (Å²) in [6.07, 6.45) is 10.9. The number of nitrogens with one attached hydrogen (secondary N) is 1. The Kier molecular flexibility index (Phi) is 6.85. The van der Waals surface area contributed by atoms with Gasteiger partial charge in [-0.2, -0.15) is 0 Å². The zero-order valence-electron chi connectivity index (χ0n) is 19.2. The summed E-state index contributed by atoms with van der Waals surface area (Å²) in [5.41, 5.74) is 2.07. The summed E-state index contributed by atoms with van der Waals surface area (Å²) in [6, 6.07) is 4.22. The van der Waals surface area contributed by atoms with E-state index in [9.17, 15) is 4.39 Å². The number of fused-ring (bicyclic) bond motifs is 1. The van der Waals surface area contributed by atoms with Crippen LogP contribution >= 0.6 is 0 Å². The normalized spacial score (nSPS) is 24.3. The fourth-order valence-corrected chi connectivity index (χ4v) is 3.68. The van der Waals surface area contributed by atoms with Crippen molar-refractivity contribution in [2.45, 2.75) is 51.7 Å². The maximum Gasteiger partial charge on any atom is 0.187 e. The van der Waals surface area contributed by atoms with Crippen LogP contribution in [0.1, 0.15) is 27.7 Å². The lowest BCUT2D eigenvalue weighted by molar-refractivity contribution is -0.131. The number of nitrogens with zero attached hydrogens (tertiary/aromatic N) is 1. The molecule has 0 aromatic heterocycles. The predicted octanol–water partition coefficient (Wildman–Crippen LogP) is 4.38. The molecule has 7 nitrogen and oxygen atoms in total. The first kappa shape index (κ1) is 23.1. The third-order valence-electron chi connectivity index (χ3n) is 5.24. The van der Waals surface area contributed by atoms with Gasteiger partial charge in [0.15, 0.2) is 17.4 Å². The molecule has 0 bridgehead atoms. The summed E-state index contributed by atoms with van der Waals surface area (Å²) in [5.74, 6) is 0.198. The molecular formula is C25H29FN2O5. The molecular weight excluding hydrogens is 427 g/mol. The van der Waals surface area contributed by atoms with Crippen LogP contribution in [0.15, 0.2) is 70.8 Å². The van der Waals surface area contributed by atoms with Crippen LogP contribution in [0.4, 0.5) is 4.39 Å². The Balaban J connectivity index is 1.39. The first-order valence-electron chi connectivity index (χ1n) is 11.0. The van der Waals surface area contributed by atoms with E-state index in [1.165, 1.54) is 18.3 Å². The Morgan fingerprint density at radius 3 is 2.85 bits per heavy atom. The third kappa shape index (κ3) is 6.03. The van der Waals surface area contributed by atoms with Gasteiger partial charge in [0.1, 0.15) is 23.8 Å². The second-order valence-electron chi connectivity index (χ2n) is 8.35. The summed E-state index contributed by atoms with van der Waals surface area (Å²) in [6.45, 7) is 8.50. The van der Waals surface area contributed by atoms with E-state index in [4.69, 9.17) is 23.8 Å². The monoisotopic (exact) mass is 456 g/mol. The van der Waals surface area contributed by atoms with Gasteiger partial charge in [-0.05, 0) is 51.0 Å². The van der Waals surface area contributed by atoms with Crippen LogP contribution in [0.3, 0.4) is 0 Å². The van der Waals surface area contributed by atoms with Gasteiger partial charge in [0.05, 0.1) is 25.5 Å². The van der Waals surface area contributed by atoms with E-state index < -0.39 is 11.6 Å². The highest BCUT2D eigenvalue weighted by atomic mass is 19.1. The zero-order chi connectivity index (χ0) is 23.4. The predicted molar refractivity (Wildman–Crippen MR) is 122 cm³/mol. The van der Waals surface area contributed by atoms with Crippen LogP contribution in [-0.2, 0) is 14.2 Å². The summed E-state index contributed by atoms with van der Waals surface area (Å²) >= 11 is 0. The van der Waals surface area contributed by atoms with Crippen molar-refractivity contribution in [3.8, 4) is 11.5 Å². The number of hydrogen-bond donors (Lipinski definition) is 1. The van der Waals surface area contributed by atoms with E-state index >= 15 is 0 Å². The summed E-state index contributed by atoms with van der Waals surface area (Å²) < 4.78 is 36.8. The Morgan fingerprint density at radius 2 is 2.09 bits per heavy atom. The standard InChI is InChI=1S/C25H29FN2O5/c1-5-29-24-9-7-18-10-17(6-8-23(18)28-24)16(2)31-20-11-19(26)12-21(13-20)33-27-14-22-15-30-25(3,4)32-22/h6-14,16,22-23,28H,5,15H2,1-4H3/b27-14+/t16?,22-,23?/m1/s1. The van der Waals surface area contributed by atoms with E-state index in [-0.39, 0.29) is 24.0 Å². The molecule has 3 atom stereocenters. The number of hydrogen-bond acceptors (Lipinski definition) is 7.